The molecule has 0 bridgehead atoms. The third-order valence-corrected chi connectivity index (χ3v) is 2.65. The number of aryl methyl sites for hydroxylation is 1. The second kappa shape index (κ2) is 4.58. The van der Waals surface area contributed by atoms with Crippen LogP contribution in [0.25, 0.3) is 11.1 Å². The molecule has 4 heteroatoms. The van der Waals surface area contributed by atoms with Crippen molar-refractivity contribution in [2.45, 2.75) is 19.9 Å². The summed E-state index contributed by atoms with van der Waals surface area (Å²) < 4.78 is 1.91. The van der Waals surface area contributed by atoms with Gasteiger partial charge in [0, 0.05) is 34.6 Å². The topological polar surface area (TPSA) is 43.8 Å². The summed E-state index contributed by atoms with van der Waals surface area (Å²) in [7, 11) is 0. The van der Waals surface area contributed by atoms with Gasteiger partial charge in [0.15, 0.2) is 0 Å². The van der Waals surface area contributed by atoms with Crippen molar-refractivity contribution in [3.63, 3.8) is 0 Å². The largest absolute Gasteiger partial charge is 0.398 e. The quantitative estimate of drug-likeness (QED) is 0.831. The van der Waals surface area contributed by atoms with Crippen molar-refractivity contribution < 1.29 is 0 Å². The Hall–Kier alpha value is -1.48. The molecule has 3 nitrogen and oxygen atoms in total. The van der Waals surface area contributed by atoms with Crippen molar-refractivity contribution in [2.75, 3.05) is 5.73 Å². The van der Waals surface area contributed by atoms with E-state index in [1.807, 2.05) is 29.2 Å². The van der Waals surface area contributed by atoms with Crippen molar-refractivity contribution in [3.8, 4) is 11.1 Å². The Morgan fingerprint density at radius 3 is 3.00 bits per heavy atom. The maximum atomic E-state index is 5.95. The number of halogens is 1. The summed E-state index contributed by atoms with van der Waals surface area (Å²) in [6.45, 7) is 3.04. The summed E-state index contributed by atoms with van der Waals surface area (Å²) in [6, 6.07) is 5.47. The van der Waals surface area contributed by atoms with Crippen LogP contribution >= 0.6 is 11.6 Å². The van der Waals surface area contributed by atoms with E-state index in [0.717, 1.165) is 29.8 Å². The van der Waals surface area contributed by atoms with Gasteiger partial charge in [-0.05, 0) is 24.6 Å². The lowest BCUT2D eigenvalue weighted by atomic mass is 10.1. The van der Waals surface area contributed by atoms with Gasteiger partial charge in [0.25, 0.3) is 0 Å². The number of nitrogens with zero attached hydrogens (tertiary/aromatic N) is 2. The van der Waals surface area contributed by atoms with Gasteiger partial charge in [-0.1, -0.05) is 18.5 Å². The van der Waals surface area contributed by atoms with Crippen LogP contribution in [0, 0.1) is 0 Å². The Morgan fingerprint density at radius 2 is 2.25 bits per heavy atom. The molecule has 16 heavy (non-hydrogen) atoms. The third-order valence-electron chi connectivity index (χ3n) is 2.41. The standard InChI is InChI=1S/C12H14ClN3/c1-2-5-16-8-9(7-15-16)11-6-10(13)3-4-12(11)14/h3-4,6-8H,2,5,14H2,1H3. The fourth-order valence-electron chi connectivity index (χ4n) is 1.63. The number of hydrogen-bond acceptors (Lipinski definition) is 2. The highest BCUT2D eigenvalue weighted by Gasteiger charge is 2.06. The maximum absolute atomic E-state index is 5.95. The molecule has 0 aliphatic heterocycles. The SMILES string of the molecule is CCCn1cc(-c2cc(Cl)ccc2N)cn1. The Labute approximate surface area is 99.8 Å². The van der Waals surface area contributed by atoms with Gasteiger partial charge in [-0.25, -0.2) is 0 Å². The predicted molar refractivity (Wildman–Crippen MR) is 67.4 cm³/mol. The molecule has 0 saturated carbocycles. The van der Waals surface area contributed by atoms with E-state index >= 15 is 0 Å². The molecule has 84 valence electrons. The van der Waals surface area contributed by atoms with Crippen LogP contribution in [0.15, 0.2) is 30.6 Å². The van der Waals surface area contributed by atoms with E-state index in [4.69, 9.17) is 17.3 Å². The molecular weight excluding hydrogens is 222 g/mol. The Balaban J connectivity index is 2.38. The van der Waals surface area contributed by atoms with Crippen molar-refractivity contribution in [2.24, 2.45) is 0 Å². The predicted octanol–water partition coefficient (Wildman–Crippen LogP) is 3.20. The lowest BCUT2D eigenvalue weighted by Crippen LogP contribution is -1.95. The lowest BCUT2D eigenvalue weighted by Gasteiger charge is -2.03. The summed E-state index contributed by atoms with van der Waals surface area (Å²) in [5.74, 6) is 0. The summed E-state index contributed by atoms with van der Waals surface area (Å²) in [6.07, 6.45) is 4.87. The molecule has 1 aromatic heterocycles. The highest BCUT2D eigenvalue weighted by atomic mass is 35.5. The lowest BCUT2D eigenvalue weighted by molar-refractivity contribution is 0.603. The third kappa shape index (κ3) is 2.19. The number of rotatable bonds is 3. The number of nitrogens with two attached hydrogens (primary N) is 1. The van der Waals surface area contributed by atoms with Gasteiger partial charge >= 0.3 is 0 Å². The first kappa shape index (κ1) is 11.0. The minimum absolute atomic E-state index is 0.687. The van der Waals surface area contributed by atoms with E-state index in [1.165, 1.54) is 0 Å². The van der Waals surface area contributed by atoms with Gasteiger partial charge in [0.1, 0.15) is 0 Å². The van der Waals surface area contributed by atoms with Crippen LogP contribution in [0.1, 0.15) is 13.3 Å². The molecule has 0 atom stereocenters. The van der Waals surface area contributed by atoms with Crippen molar-refractivity contribution in [1.82, 2.24) is 9.78 Å². The number of anilines is 1. The van der Waals surface area contributed by atoms with Crippen LogP contribution in [0.2, 0.25) is 5.02 Å². The number of benzene rings is 1. The monoisotopic (exact) mass is 235 g/mol. The average Bonchev–Trinajstić information content (AvgIpc) is 2.71. The van der Waals surface area contributed by atoms with E-state index in [1.54, 1.807) is 6.07 Å². The van der Waals surface area contributed by atoms with Crippen LogP contribution in [-0.2, 0) is 6.54 Å². The Morgan fingerprint density at radius 1 is 1.44 bits per heavy atom. The summed E-state index contributed by atoms with van der Waals surface area (Å²) in [5, 5.41) is 4.96. The zero-order valence-corrected chi connectivity index (χ0v) is 9.91. The normalized spacial score (nSPS) is 10.6. The van der Waals surface area contributed by atoms with Crippen LogP contribution < -0.4 is 5.73 Å². The van der Waals surface area contributed by atoms with E-state index in [0.29, 0.717) is 5.02 Å². The second-order valence-corrected chi connectivity index (χ2v) is 4.16. The Kier molecular flexibility index (Phi) is 3.15. The summed E-state index contributed by atoms with van der Waals surface area (Å²) in [5.41, 5.74) is 8.58. The Bertz CT molecular complexity index is 491. The first-order valence-corrected chi connectivity index (χ1v) is 5.66. The number of nitrogen functional groups attached to an aromatic ring is 1. The van der Waals surface area contributed by atoms with Crippen LogP contribution in [-0.4, -0.2) is 9.78 Å². The van der Waals surface area contributed by atoms with Gasteiger partial charge in [-0.2, -0.15) is 5.10 Å². The molecule has 0 fully saturated rings. The van der Waals surface area contributed by atoms with Crippen LogP contribution in [0.5, 0.6) is 0 Å². The van der Waals surface area contributed by atoms with Gasteiger partial charge < -0.3 is 5.73 Å². The van der Waals surface area contributed by atoms with E-state index < -0.39 is 0 Å². The highest BCUT2D eigenvalue weighted by Crippen LogP contribution is 2.28. The van der Waals surface area contributed by atoms with E-state index in [9.17, 15) is 0 Å². The van der Waals surface area contributed by atoms with Crippen molar-refractivity contribution >= 4 is 17.3 Å². The fourth-order valence-corrected chi connectivity index (χ4v) is 1.80. The van der Waals surface area contributed by atoms with Gasteiger partial charge in [0.2, 0.25) is 0 Å². The molecule has 0 radical (unpaired) electrons. The molecule has 0 amide bonds. The molecule has 1 heterocycles. The van der Waals surface area contributed by atoms with E-state index in [2.05, 4.69) is 12.0 Å². The number of aromatic nitrogens is 2. The first-order valence-electron chi connectivity index (χ1n) is 5.28. The summed E-state index contributed by atoms with van der Waals surface area (Å²) in [4.78, 5) is 0. The molecule has 0 unspecified atom stereocenters. The molecule has 0 spiro atoms. The molecule has 2 rings (SSSR count). The van der Waals surface area contributed by atoms with Crippen molar-refractivity contribution in [3.05, 3.63) is 35.6 Å². The van der Waals surface area contributed by atoms with Crippen molar-refractivity contribution in [1.29, 1.82) is 0 Å². The molecule has 2 N–H and O–H groups in total. The second-order valence-electron chi connectivity index (χ2n) is 3.72. The minimum Gasteiger partial charge on any atom is -0.398 e. The fraction of sp³-hybridized carbons (Fsp3) is 0.250. The summed E-state index contributed by atoms with van der Waals surface area (Å²) >= 11 is 5.95. The molecule has 0 saturated heterocycles. The first-order chi connectivity index (χ1) is 7.70. The maximum Gasteiger partial charge on any atom is 0.0569 e. The zero-order chi connectivity index (χ0) is 11.5. The van der Waals surface area contributed by atoms with Crippen LogP contribution in [0.4, 0.5) is 5.69 Å². The minimum atomic E-state index is 0.687. The molecule has 0 aliphatic carbocycles. The smallest absolute Gasteiger partial charge is 0.0569 e. The van der Waals surface area contributed by atoms with Gasteiger partial charge in [0.05, 0.1) is 6.20 Å². The van der Waals surface area contributed by atoms with Crippen LogP contribution in [0.3, 0.4) is 0 Å². The molecule has 2 aromatic rings. The average molecular weight is 236 g/mol. The zero-order valence-electron chi connectivity index (χ0n) is 9.15. The molecule has 1 aromatic carbocycles. The van der Waals surface area contributed by atoms with Gasteiger partial charge in [-0.15, -0.1) is 0 Å². The molecule has 0 aliphatic rings. The molecular formula is C12H14ClN3. The highest BCUT2D eigenvalue weighted by molar-refractivity contribution is 6.31. The number of hydrogen-bond donors (Lipinski definition) is 1. The van der Waals surface area contributed by atoms with E-state index in [-0.39, 0.29) is 0 Å². The van der Waals surface area contributed by atoms with Gasteiger partial charge in [-0.3, -0.25) is 4.68 Å².